The molecule has 0 saturated carbocycles. The van der Waals surface area contributed by atoms with E-state index in [0.717, 1.165) is 39.1 Å². The molecule has 1 fully saturated rings. The number of nitrogens with zero attached hydrogens (tertiary/aromatic N) is 2. The molecular formula is C17H27FN4O2. The summed E-state index contributed by atoms with van der Waals surface area (Å²) in [5.74, 6) is -0.168. The lowest BCUT2D eigenvalue weighted by molar-refractivity contribution is 0.218. The number of carbonyl (C=O) groups is 1. The van der Waals surface area contributed by atoms with E-state index in [1.54, 1.807) is 13.0 Å². The average Bonchev–Trinajstić information content (AvgIpc) is 2.59. The van der Waals surface area contributed by atoms with Crippen LogP contribution in [0.25, 0.3) is 0 Å². The van der Waals surface area contributed by atoms with Crippen LogP contribution < -0.4 is 15.5 Å². The topological polar surface area (TPSA) is 67.8 Å². The Hall–Kier alpha value is -1.86. The predicted octanol–water partition coefficient (Wildman–Crippen LogP) is 1.02. The summed E-state index contributed by atoms with van der Waals surface area (Å²) in [7, 11) is 0. The number of para-hydroxylation sites is 1. The molecule has 0 aliphatic carbocycles. The van der Waals surface area contributed by atoms with E-state index in [0.29, 0.717) is 12.2 Å². The summed E-state index contributed by atoms with van der Waals surface area (Å²) in [6.07, 6.45) is 0.862. The number of rotatable bonds is 7. The third kappa shape index (κ3) is 5.65. The van der Waals surface area contributed by atoms with Crippen LogP contribution in [0.3, 0.4) is 0 Å². The fourth-order valence-corrected chi connectivity index (χ4v) is 2.75. The van der Waals surface area contributed by atoms with Gasteiger partial charge in [0, 0.05) is 32.7 Å². The lowest BCUT2D eigenvalue weighted by Gasteiger charge is -2.36. The molecule has 1 aliphatic heterocycles. The van der Waals surface area contributed by atoms with Crippen LogP contribution in [0.5, 0.6) is 0 Å². The minimum absolute atomic E-state index is 0.0697. The molecule has 0 spiro atoms. The Labute approximate surface area is 142 Å². The van der Waals surface area contributed by atoms with Crippen molar-refractivity contribution in [2.24, 2.45) is 0 Å². The molecule has 7 heteroatoms. The minimum atomic E-state index is -0.249. The number of hydrogen-bond acceptors (Lipinski definition) is 4. The Bertz CT molecular complexity index is 521. The number of anilines is 1. The summed E-state index contributed by atoms with van der Waals surface area (Å²) < 4.78 is 13.8. The van der Waals surface area contributed by atoms with Crippen LogP contribution in [0.4, 0.5) is 14.9 Å². The zero-order valence-electron chi connectivity index (χ0n) is 14.2. The van der Waals surface area contributed by atoms with Gasteiger partial charge in [-0.3, -0.25) is 4.90 Å². The van der Waals surface area contributed by atoms with Crippen LogP contribution in [0, 0.1) is 5.82 Å². The van der Waals surface area contributed by atoms with Crippen LogP contribution in [0.2, 0.25) is 0 Å². The van der Waals surface area contributed by atoms with Crippen molar-refractivity contribution in [2.45, 2.75) is 19.4 Å². The van der Waals surface area contributed by atoms with Crippen LogP contribution in [0.1, 0.15) is 13.3 Å². The molecule has 6 nitrogen and oxygen atoms in total. The molecule has 2 amide bonds. The number of aliphatic hydroxyl groups excluding tert-OH is 1. The SMILES string of the molecule is CC(CO)NC(=O)NCCCN1CCN(c2ccccc2F)CC1. The summed E-state index contributed by atoms with van der Waals surface area (Å²) in [5.41, 5.74) is 0.675. The van der Waals surface area contributed by atoms with Gasteiger partial charge < -0.3 is 20.6 Å². The highest BCUT2D eigenvalue weighted by molar-refractivity contribution is 5.74. The molecule has 1 atom stereocenters. The van der Waals surface area contributed by atoms with Gasteiger partial charge in [-0.25, -0.2) is 9.18 Å². The third-order valence-corrected chi connectivity index (χ3v) is 4.15. The first-order valence-corrected chi connectivity index (χ1v) is 8.47. The Balaban J connectivity index is 1.62. The number of nitrogens with one attached hydrogen (secondary N) is 2. The second-order valence-electron chi connectivity index (χ2n) is 6.12. The monoisotopic (exact) mass is 338 g/mol. The molecule has 1 aromatic carbocycles. The lowest BCUT2D eigenvalue weighted by Crippen LogP contribution is -2.47. The van der Waals surface area contributed by atoms with Gasteiger partial charge in [-0.05, 0) is 32.0 Å². The van der Waals surface area contributed by atoms with Crippen molar-refractivity contribution in [3.63, 3.8) is 0 Å². The Morgan fingerprint density at radius 2 is 2.00 bits per heavy atom. The number of benzene rings is 1. The highest BCUT2D eigenvalue weighted by Gasteiger charge is 2.18. The van der Waals surface area contributed by atoms with Gasteiger partial charge in [0.2, 0.25) is 0 Å². The molecule has 0 radical (unpaired) electrons. The third-order valence-electron chi connectivity index (χ3n) is 4.15. The molecule has 3 N–H and O–H groups in total. The van der Waals surface area contributed by atoms with Crippen molar-refractivity contribution in [3.05, 3.63) is 30.1 Å². The van der Waals surface area contributed by atoms with Crippen molar-refractivity contribution in [3.8, 4) is 0 Å². The van der Waals surface area contributed by atoms with Gasteiger partial charge in [0.1, 0.15) is 5.82 Å². The number of aliphatic hydroxyl groups is 1. The van der Waals surface area contributed by atoms with Gasteiger partial charge >= 0.3 is 6.03 Å². The van der Waals surface area contributed by atoms with Gasteiger partial charge in [0.15, 0.2) is 0 Å². The highest BCUT2D eigenvalue weighted by Crippen LogP contribution is 2.20. The minimum Gasteiger partial charge on any atom is -0.394 e. The fraction of sp³-hybridized carbons (Fsp3) is 0.588. The number of halogens is 1. The van der Waals surface area contributed by atoms with E-state index in [9.17, 15) is 9.18 Å². The summed E-state index contributed by atoms with van der Waals surface area (Å²) >= 11 is 0. The second kappa shape index (κ2) is 9.44. The zero-order valence-corrected chi connectivity index (χ0v) is 14.2. The zero-order chi connectivity index (χ0) is 17.4. The highest BCUT2D eigenvalue weighted by atomic mass is 19.1. The first-order chi connectivity index (χ1) is 11.6. The smallest absolute Gasteiger partial charge is 0.315 e. The second-order valence-corrected chi connectivity index (χ2v) is 6.12. The van der Waals surface area contributed by atoms with E-state index < -0.39 is 0 Å². The van der Waals surface area contributed by atoms with E-state index in [-0.39, 0.29) is 24.5 Å². The molecule has 134 valence electrons. The molecule has 2 rings (SSSR count). The van der Waals surface area contributed by atoms with Gasteiger partial charge in [-0.15, -0.1) is 0 Å². The standard InChI is InChI=1S/C17H27FN4O2/c1-14(13-23)20-17(24)19-7-4-8-21-9-11-22(12-10-21)16-6-3-2-5-15(16)18/h2-3,5-6,14,23H,4,7-13H2,1H3,(H2,19,20,24). The van der Waals surface area contributed by atoms with Crippen LogP contribution in [-0.4, -0.2) is 68.0 Å². The van der Waals surface area contributed by atoms with Crippen molar-refractivity contribution in [1.29, 1.82) is 0 Å². The van der Waals surface area contributed by atoms with Crippen LogP contribution in [-0.2, 0) is 0 Å². The molecular weight excluding hydrogens is 311 g/mol. The summed E-state index contributed by atoms with van der Waals surface area (Å²) in [6, 6.07) is 6.40. The number of carbonyl (C=O) groups excluding carboxylic acids is 1. The number of urea groups is 1. The summed E-state index contributed by atoms with van der Waals surface area (Å²) in [5, 5.41) is 14.3. The van der Waals surface area contributed by atoms with Gasteiger partial charge in [0.25, 0.3) is 0 Å². The van der Waals surface area contributed by atoms with E-state index in [1.807, 2.05) is 12.1 Å². The molecule has 1 aliphatic rings. The summed E-state index contributed by atoms with van der Waals surface area (Å²) in [4.78, 5) is 15.9. The van der Waals surface area contributed by atoms with Gasteiger partial charge in [-0.2, -0.15) is 0 Å². The Kier molecular flexibility index (Phi) is 7.27. The largest absolute Gasteiger partial charge is 0.394 e. The maximum absolute atomic E-state index is 13.8. The van der Waals surface area contributed by atoms with Crippen molar-refractivity contribution < 1.29 is 14.3 Å². The maximum Gasteiger partial charge on any atom is 0.315 e. The molecule has 0 bridgehead atoms. The van der Waals surface area contributed by atoms with Crippen LogP contribution >= 0.6 is 0 Å². The molecule has 0 aromatic heterocycles. The number of amides is 2. The average molecular weight is 338 g/mol. The number of piperazine rings is 1. The van der Waals surface area contributed by atoms with Gasteiger partial charge in [-0.1, -0.05) is 12.1 Å². The predicted molar refractivity (Wildman–Crippen MR) is 92.8 cm³/mol. The molecule has 24 heavy (non-hydrogen) atoms. The number of hydrogen-bond donors (Lipinski definition) is 3. The molecule has 1 aromatic rings. The van der Waals surface area contributed by atoms with E-state index in [2.05, 4.69) is 20.4 Å². The summed E-state index contributed by atoms with van der Waals surface area (Å²) in [6.45, 7) is 6.57. The van der Waals surface area contributed by atoms with Crippen LogP contribution in [0.15, 0.2) is 24.3 Å². The maximum atomic E-state index is 13.8. The van der Waals surface area contributed by atoms with E-state index >= 15 is 0 Å². The molecule has 1 heterocycles. The van der Waals surface area contributed by atoms with Crippen molar-refractivity contribution in [1.82, 2.24) is 15.5 Å². The van der Waals surface area contributed by atoms with E-state index in [4.69, 9.17) is 5.11 Å². The molecule has 1 unspecified atom stereocenters. The van der Waals surface area contributed by atoms with Crippen molar-refractivity contribution >= 4 is 11.7 Å². The van der Waals surface area contributed by atoms with Crippen molar-refractivity contribution in [2.75, 3.05) is 50.8 Å². The lowest BCUT2D eigenvalue weighted by atomic mass is 10.2. The van der Waals surface area contributed by atoms with Gasteiger partial charge in [0.05, 0.1) is 18.3 Å². The fourth-order valence-electron chi connectivity index (χ4n) is 2.75. The molecule has 1 saturated heterocycles. The first-order valence-electron chi connectivity index (χ1n) is 8.47. The normalized spacial score (nSPS) is 16.7. The first kappa shape index (κ1) is 18.5. The Morgan fingerprint density at radius 3 is 2.67 bits per heavy atom. The Morgan fingerprint density at radius 1 is 1.29 bits per heavy atom. The van der Waals surface area contributed by atoms with E-state index in [1.165, 1.54) is 6.07 Å². The quantitative estimate of drug-likeness (QED) is 0.650.